The third-order valence-corrected chi connectivity index (χ3v) is 2.79. The minimum atomic E-state index is 0.551. The first-order valence-electron chi connectivity index (χ1n) is 5.08. The number of hydrogen-bond acceptors (Lipinski definition) is 1. The molecule has 14 heavy (non-hydrogen) atoms. The third-order valence-electron chi connectivity index (χ3n) is 2.07. The average molecular weight is 301 g/mol. The molecular formula is C12H18IN. The maximum atomic E-state index is 3.50. The van der Waals surface area contributed by atoms with Gasteiger partial charge in [-0.2, -0.15) is 0 Å². The lowest BCUT2D eigenvalue weighted by molar-refractivity contribution is 0.488. The molecule has 0 spiro atoms. The maximum absolute atomic E-state index is 3.50. The fourth-order valence-corrected chi connectivity index (χ4v) is 1.96. The highest BCUT2D eigenvalue weighted by Gasteiger charge is 2.04. The Morgan fingerprint density at radius 3 is 2.21 bits per heavy atom. The van der Waals surface area contributed by atoms with Crippen LogP contribution < -0.4 is 5.32 Å². The lowest BCUT2D eigenvalue weighted by atomic mass is 10.1. The van der Waals surface area contributed by atoms with Crippen molar-refractivity contribution in [2.24, 2.45) is 0 Å². The molecule has 1 aromatic rings. The lowest BCUT2D eigenvalue weighted by Crippen LogP contribution is -2.33. The molecular weight excluding hydrogens is 283 g/mol. The van der Waals surface area contributed by atoms with Gasteiger partial charge in [-0.3, -0.25) is 0 Å². The third kappa shape index (κ3) is 4.42. The van der Waals surface area contributed by atoms with Crippen LogP contribution in [0.15, 0.2) is 24.3 Å². The van der Waals surface area contributed by atoms with Gasteiger partial charge in [-0.25, -0.2) is 0 Å². The second kappa shape index (κ2) is 5.71. The Balaban J connectivity index is 2.47. The van der Waals surface area contributed by atoms with E-state index in [-0.39, 0.29) is 0 Å². The first kappa shape index (κ1) is 12.0. The van der Waals surface area contributed by atoms with E-state index in [1.54, 1.807) is 0 Å². The molecule has 1 nitrogen and oxygen atoms in total. The highest BCUT2D eigenvalue weighted by Crippen LogP contribution is 2.08. The fourth-order valence-electron chi connectivity index (χ4n) is 1.60. The zero-order valence-corrected chi connectivity index (χ0v) is 11.2. The molecule has 0 bridgehead atoms. The van der Waals surface area contributed by atoms with Crippen LogP contribution in [0.2, 0.25) is 0 Å². The average Bonchev–Trinajstić information content (AvgIpc) is 2.07. The number of rotatable bonds is 4. The van der Waals surface area contributed by atoms with E-state index in [4.69, 9.17) is 0 Å². The molecule has 2 heteroatoms. The SMILES string of the molecule is CC(C)NC(C)Cc1ccc([125I])cc1. The van der Waals surface area contributed by atoms with E-state index >= 15 is 0 Å². The van der Waals surface area contributed by atoms with Gasteiger partial charge >= 0.3 is 0 Å². The summed E-state index contributed by atoms with van der Waals surface area (Å²) in [6, 6.07) is 9.86. The second-order valence-electron chi connectivity index (χ2n) is 4.05. The van der Waals surface area contributed by atoms with Crippen LogP contribution in [0.1, 0.15) is 26.3 Å². The molecule has 0 saturated heterocycles. The van der Waals surface area contributed by atoms with Crippen molar-refractivity contribution in [2.45, 2.75) is 39.3 Å². The smallest absolute Gasteiger partial charge is 0.0130 e. The summed E-state index contributed by atoms with van der Waals surface area (Å²) in [6.45, 7) is 6.60. The molecule has 78 valence electrons. The quantitative estimate of drug-likeness (QED) is 0.842. The number of nitrogens with one attached hydrogen (secondary N) is 1. The molecule has 1 rings (SSSR count). The van der Waals surface area contributed by atoms with E-state index in [1.807, 2.05) is 0 Å². The summed E-state index contributed by atoms with van der Waals surface area (Å²) in [6.07, 6.45) is 1.11. The Hall–Kier alpha value is -0.0900. The predicted molar refractivity (Wildman–Crippen MR) is 70.6 cm³/mol. The van der Waals surface area contributed by atoms with Crippen LogP contribution in [0.5, 0.6) is 0 Å². The topological polar surface area (TPSA) is 12.0 Å². The van der Waals surface area contributed by atoms with Gasteiger partial charge in [0.05, 0.1) is 0 Å². The van der Waals surface area contributed by atoms with Crippen molar-refractivity contribution in [3.05, 3.63) is 33.4 Å². The highest BCUT2D eigenvalue weighted by molar-refractivity contribution is 14.1. The molecule has 1 atom stereocenters. The molecule has 0 aliphatic carbocycles. The molecule has 0 aliphatic rings. The van der Waals surface area contributed by atoms with Crippen molar-refractivity contribution in [2.75, 3.05) is 0 Å². The van der Waals surface area contributed by atoms with Gasteiger partial charge in [-0.05, 0) is 53.6 Å². The minimum Gasteiger partial charge on any atom is -0.312 e. The number of benzene rings is 1. The van der Waals surface area contributed by atoms with Gasteiger partial charge in [0.15, 0.2) is 0 Å². The van der Waals surface area contributed by atoms with E-state index in [2.05, 4.69) is 72.9 Å². The van der Waals surface area contributed by atoms with E-state index in [0.717, 1.165) is 6.42 Å². The monoisotopic (exact) mass is 301 g/mol. The van der Waals surface area contributed by atoms with Crippen LogP contribution in [-0.2, 0) is 6.42 Å². The zero-order valence-electron chi connectivity index (χ0n) is 9.05. The van der Waals surface area contributed by atoms with E-state index in [1.165, 1.54) is 9.13 Å². The van der Waals surface area contributed by atoms with Crippen molar-refractivity contribution in [1.82, 2.24) is 5.32 Å². The number of hydrogen-bond donors (Lipinski definition) is 1. The molecule has 1 N–H and O–H groups in total. The van der Waals surface area contributed by atoms with Crippen LogP contribution >= 0.6 is 22.6 Å². The summed E-state index contributed by atoms with van der Waals surface area (Å²) >= 11 is 2.33. The van der Waals surface area contributed by atoms with E-state index < -0.39 is 0 Å². The van der Waals surface area contributed by atoms with Crippen LogP contribution in [0.3, 0.4) is 0 Å². The van der Waals surface area contributed by atoms with Crippen LogP contribution in [0, 0.1) is 3.57 Å². The van der Waals surface area contributed by atoms with Gasteiger partial charge in [0.25, 0.3) is 0 Å². The Morgan fingerprint density at radius 1 is 1.14 bits per heavy atom. The van der Waals surface area contributed by atoms with Crippen molar-refractivity contribution < 1.29 is 0 Å². The van der Waals surface area contributed by atoms with Crippen LogP contribution in [0.25, 0.3) is 0 Å². The number of halogens is 1. The molecule has 0 aromatic heterocycles. The van der Waals surface area contributed by atoms with E-state index in [0.29, 0.717) is 12.1 Å². The Kier molecular flexibility index (Phi) is 4.89. The summed E-state index contributed by atoms with van der Waals surface area (Å²) in [7, 11) is 0. The molecule has 0 fully saturated rings. The summed E-state index contributed by atoms with van der Waals surface area (Å²) in [4.78, 5) is 0. The van der Waals surface area contributed by atoms with Crippen LogP contribution in [0.4, 0.5) is 0 Å². The van der Waals surface area contributed by atoms with Gasteiger partial charge in [-0.1, -0.05) is 26.0 Å². The summed E-state index contributed by atoms with van der Waals surface area (Å²) in [5, 5.41) is 3.50. The van der Waals surface area contributed by atoms with Crippen molar-refractivity contribution in [1.29, 1.82) is 0 Å². The molecule has 0 amide bonds. The normalized spacial score (nSPS) is 13.2. The Labute approximate surface area is 100 Å². The molecule has 1 unspecified atom stereocenters. The summed E-state index contributed by atoms with van der Waals surface area (Å²) in [5.41, 5.74) is 1.41. The molecule has 0 heterocycles. The molecule has 0 saturated carbocycles. The summed E-state index contributed by atoms with van der Waals surface area (Å²) < 4.78 is 1.30. The van der Waals surface area contributed by atoms with Gasteiger partial charge in [-0.15, -0.1) is 0 Å². The molecule has 1 aromatic carbocycles. The fraction of sp³-hybridized carbons (Fsp3) is 0.500. The largest absolute Gasteiger partial charge is 0.312 e. The van der Waals surface area contributed by atoms with E-state index in [9.17, 15) is 0 Å². The maximum Gasteiger partial charge on any atom is 0.0130 e. The second-order valence-corrected chi connectivity index (χ2v) is 5.30. The summed E-state index contributed by atoms with van der Waals surface area (Å²) in [5.74, 6) is 0. The minimum absolute atomic E-state index is 0.551. The molecule has 0 radical (unpaired) electrons. The van der Waals surface area contributed by atoms with Gasteiger partial charge < -0.3 is 5.32 Å². The van der Waals surface area contributed by atoms with Gasteiger partial charge in [0.1, 0.15) is 0 Å². The Morgan fingerprint density at radius 2 is 1.71 bits per heavy atom. The highest BCUT2D eigenvalue weighted by atomic mass is 125. The van der Waals surface area contributed by atoms with Crippen molar-refractivity contribution >= 4 is 22.6 Å². The van der Waals surface area contributed by atoms with Crippen molar-refractivity contribution in [3.8, 4) is 0 Å². The van der Waals surface area contributed by atoms with Crippen molar-refractivity contribution in [3.63, 3.8) is 0 Å². The predicted octanol–water partition coefficient (Wildman–Crippen LogP) is 3.22. The van der Waals surface area contributed by atoms with Gasteiger partial charge in [0.2, 0.25) is 0 Å². The standard InChI is InChI=1S/C12H18IN/c1-9(2)14-10(3)8-11-4-6-12(13)7-5-11/h4-7,9-10,14H,8H2,1-3H3/i13-2. The Bertz CT molecular complexity index is 266. The van der Waals surface area contributed by atoms with Crippen LogP contribution in [-0.4, -0.2) is 12.1 Å². The first-order valence-corrected chi connectivity index (χ1v) is 6.16. The lowest BCUT2D eigenvalue weighted by Gasteiger charge is -2.16. The zero-order chi connectivity index (χ0) is 10.6. The molecule has 0 aliphatic heterocycles. The van der Waals surface area contributed by atoms with Gasteiger partial charge in [0, 0.05) is 15.7 Å². The first-order chi connectivity index (χ1) is 6.58.